The van der Waals surface area contributed by atoms with Crippen molar-refractivity contribution in [3.8, 4) is 0 Å². The summed E-state index contributed by atoms with van der Waals surface area (Å²) in [5.74, 6) is -1.11. The zero-order valence-corrected chi connectivity index (χ0v) is 13.5. The first-order valence-corrected chi connectivity index (χ1v) is 8.13. The minimum absolute atomic E-state index is 0.0266. The highest BCUT2D eigenvalue weighted by Crippen LogP contribution is 2.27. The Bertz CT molecular complexity index is 816. The molecule has 7 heteroatoms. The second kappa shape index (κ2) is 5.98. The molecule has 5 nitrogen and oxygen atoms in total. The smallest absolute Gasteiger partial charge is 0.335 e. The van der Waals surface area contributed by atoms with Crippen LogP contribution in [-0.2, 0) is 10.0 Å². The van der Waals surface area contributed by atoms with E-state index in [1.807, 2.05) is 0 Å². The molecule has 116 valence electrons. The Kier molecular flexibility index (Phi) is 4.44. The van der Waals surface area contributed by atoms with Gasteiger partial charge in [-0.15, -0.1) is 0 Å². The Labute approximate surface area is 133 Å². The van der Waals surface area contributed by atoms with Crippen LogP contribution in [0.4, 0.5) is 5.69 Å². The highest BCUT2D eigenvalue weighted by Gasteiger charge is 2.23. The molecule has 22 heavy (non-hydrogen) atoms. The van der Waals surface area contributed by atoms with Crippen molar-refractivity contribution in [1.29, 1.82) is 0 Å². The minimum Gasteiger partial charge on any atom is -0.478 e. The molecule has 0 aliphatic heterocycles. The number of carboxylic acids is 1. The summed E-state index contributed by atoms with van der Waals surface area (Å²) in [6.07, 6.45) is 0. The average Bonchev–Trinajstić information content (AvgIpc) is 2.47. The second-order valence-corrected chi connectivity index (χ2v) is 7.14. The Balaban J connectivity index is 2.50. The monoisotopic (exact) mass is 339 g/mol. The van der Waals surface area contributed by atoms with Gasteiger partial charge in [0.25, 0.3) is 10.0 Å². The molecule has 0 spiro atoms. The lowest BCUT2D eigenvalue weighted by Crippen LogP contribution is -2.27. The molecule has 0 aliphatic carbocycles. The molecular formula is C15H14ClNO4S. The van der Waals surface area contributed by atoms with Gasteiger partial charge in [-0.3, -0.25) is 4.31 Å². The molecule has 2 aromatic carbocycles. The van der Waals surface area contributed by atoms with E-state index in [1.165, 1.54) is 43.4 Å². The number of benzene rings is 2. The maximum atomic E-state index is 12.6. The lowest BCUT2D eigenvalue weighted by Gasteiger charge is -2.22. The van der Waals surface area contributed by atoms with Crippen LogP contribution in [0.1, 0.15) is 15.9 Å². The highest BCUT2D eigenvalue weighted by molar-refractivity contribution is 7.92. The molecule has 0 aromatic heterocycles. The normalized spacial score (nSPS) is 11.2. The first-order valence-electron chi connectivity index (χ1n) is 6.32. The minimum atomic E-state index is -3.79. The summed E-state index contributed by atoms with van der Waals surface area (Å²) in [6, 6.07) is 10.1. The van der Waals surface area contributed by atoms with Crippen molar-refractivity contribution in [2.75, 3.05) is 11.4 Å². The molecule has 2 rings (SSSR count). The molecule has 0 unspecified atom stereocenters. The average molecular weight is 340 g/mol. The fourth-order valence-electron chi connectivity index (χ4n) is 1.98. The summed E-state index contributed by atoms with van der Waals surface area (Å²) in [4.78, 5) is 11.1. The molecule has 0 heterocycles. The fraction of sp³-hybridized carbons (Fsp3) is 0.133. The van der Waals surface area contributed by atoms with Crippen molar-refractivity contribution in [2.24, 2.45) is 0 Å². The van der Waals surface area contributed by atoms with Crippen molar-refractivity contribution in [3.63, 3.8) is 0 Å². The van der Waals surface area contributed by atoms with Gasteiger partial charge in [0.2, 0.25) is 0 Å². The van der Waals surface area contributed by atoms with Crippen LogP contribution in [0.25, 0.3) is 0 Å². The van der Waals surface area contributed by atoms with Crippen molar-refractivity contribution in [2.45, 2.75) is 11.8 Å². The van der Waals surface area contributed by atoms with Crippen LogP contribution >= 0.6 is 11.6 Å². The van der Waals surface area contributed by atoms with E-state index < -0.39 is 16.0 Å². The van der Waals surface area contributed by atoms with Crippen LogP contribution in [0.2, 0.25) is 5.02 Å². The van der Waals surface area contributed by atoms with E-state index in [2.05, 4.69) is 0 Å². The molecule has 0 bridgehead atoms. The highest BCUT2D eigenvalue weighted by atomic mass is 35.5. The molecule has 0 saturated heterocycles. The summed E-state index contributed by atoms with van der Waals surface area (Å²) < 4.78 is 26.3. The summed E-state index contributed by atoms with van der Waals surface area (Å²) >= 11 is 5.77. The molecule has 0 aliphatic rings. The van der Waals surface area contributed by atoms with E-state index in [9.17, 15) is 13.2 Å². The Hall–Kier alpha value is -2.05. The van der Waals surface area contributed by atoms with Crippen LogP contribution < -0.4 is 4.31 Å². The molecular weight excluding hydrogens is 326 g/mol. The van der Waals surface area contributed by atoms with Gasteiger partial charge in [-0.2, -0.15) is 0 Å². The Morgan fingerprint density at radius 3 is 2.27 bits per heavy atom. The number of rotatable bonds is 4. The SMILES string of the molecule is Cc1ccc(C(=O)O)cc1N(C)S(=O)(=O)c1ccc(Cl)cc1. The third-order valence-corrected chi connectivity index (χ3v) is 5.31. The van der Waals surface area contributed by atoms with E-state index in [0.29, 0.717) is 16.3 Å². The molecule has 0 radical (unpaired) electrons. The lowest BCUT2D eigenvalue weighted by atomic mass is 10.1. The van der Waals surface area contributed by atoms with Gasteiger partial charge in [0.15, 0.2) is 0 Å². The van der Waals surface area contributed by atoms with Crippen LogP contribution in [0.5, 0.6) is 0 Å². The maximum Gasteiger partial charge on any atom is 0.335 e. The largest absolute Gasteiger partial charge is 0.478 e. The number of hydrogen-bond donors (Lipinski definition) is 1. The summed E-state index contributed by atoms with van der Waals surface area (Å²) in [5.41, 5.74) is 0.999. The predicted octanol–water partition coefficient (Wildman–Crippen LogP) is 3.17. The molecule has 0 amide bonds. The van der Waals surface area contributed by atoms with E-state index in [4.69, 9.17) is 16.7 Å². The maximum absolute atomic E-state index is 12.6. The number of anilines is 1. The number of nitrogens with zero attached hydrogens (tertiary/aromatic N) is 1. The van der Waals surface area contributed by atoms with Gasteiger partial charge in [-0.05, 0) is 48.9 Å². The fourth-order valence-corrected chi connectivity index (χ4v) is 3.35. The van der Waals surface area contributed by atoms with Crippen LogP contribution in [0, 0.1) is 6.92 Å². The van der Waals surface area contributed by atoms with Crippen molar-refractivity contribution in [3.05, 3.63) is 58.6 Å². The van der Waals surface area contributed by atoms with E-state index in [0.717, 1.165) is 4.31 Å². The molecule has 0 saturated carbocycles. The standard InChI is InChI=1S/C15H14ClNO4S/c1-10-3-4-11(15(18)19)9-14(10)17(2)22(20,21)13-7-5-12(16)6-8-13/h3-9H,1-2H3,(H,18,19). The molecule has 2 aromatic rings. The van der Waals surface area contributed by atoms with Gasteiger partial charge in [-0.25, -0.2) is 13.2 Å². The van der Waals surface area contributed by atoms with Crippen LogP contribution in [0.3, 0.4) is 0 Å². The number of hydrogen-bond acceptors (Lipinski definition) is 3. The van der Waals surface area contributed by atoms with Crippen molar-refractivity contribution >= 4 is 33.3 Å². The molecule has 0 fully saturated rings. The van der Waals surface area contributed by atoms with Crippen molar-refractivity contribution in [1.82, 2.24) is 0 Å². The van der Waals surface area contributed by atoms with Gasteiger partial charge in [-0.1, -0.05) is 17.7 Å². The molecule has 0 atom stereocenters. The van der Waals surface area contributed by atoms with Crippen LogP contribution in [0.15, 0.2) is 47.4 Å². The number of aryl methyl sites for hydroxylation is 1. The first kappa shape index (κ1) is 16.3. The summed E-state index contributed by atoms with van der Waals surface area (Å²) in [5, 5.41) is 9.49. The van der Waals surface area contributed by atoms with E-state index >= 15 is 0 Å². The number of carboxylic acid groups (broad SMARTS) is 1. The van der Waals surface area contributed by atoms with E-state index in [1.54, 1.807) is 13.0 Å². The van der Waals surface area contributed by atoms with Gasteiger partial charge in [0.1, 0.15) is 0 Å². The zero-order valence-electron chi connectivity index (χ0n) is 11.9. The van der Waals surface area contributed by atoms with Gasteiger partial charge in [0.05, 0.1) is 16.1 Å². The van der Waals surface area contributed by atoms with Gasteiger partial charge in [0, 0.05) is 12.1 Å². The van der Waals surface area contributed by atoms with Crippen LogP contribution in [-0.4, -0.2) is 26.5 Å². The van der Waals surface area contributed by atoms with Gasteiger partial charge < -0.3 is 5.11 Å². The summed E-state index contributed by atoms with van der Waals surface area (Å²) in [6.45, 7) is 1.72. The topological polar surface area (TPSA) is 74.7 Å². The summed E-state index contributed by atoms with van der Waals surface area (Å²) in [7, 11) is -2.41. The number of halogens is 1. The number of sulfonamides is 1. The third-order valence-electron chi connectivity index (χ3n) is 3.27. The van der Waals surface area contributed by atoms with Gasteiger partial charge >= 0.3 is 5.97 Å². The lowest BCUT2D eigenvalue weighted by molar-refractivity contribution is 0.0697. The number of aromatic carboxylic acids is 1. The van der Waals surface area contributed by atoms with Crippen molar-refractivity contribution < 1.29 is 18.3 Å². The predicted molar refractivity (Wildman–Crippen MR) is 85.2 cm³/mol. The quantitative estimate of drug-likeness (QED) is 0.928. The zero-order chi connectivity index (χ0) is 16.5. The Morgan fingerprint density at radius 1 is 1.14 bits per heavy atom. The molecule has 1 N–H and O–H groups in total. The second-order valence-electron chi connectivity index (χ2n) is 4.73. The number of carbonyl (C=O) groups is 1. The first-order chi connectivity index (χ1) is 10.2. The van der Waals surface area contributed by atoms with E-state index in [-0.39, 0.29) is 10.5 Å². The third kappa shape index (κ3) is 3.08. The Morgan fingerprint density at radius 2 is 1.73 bits per heavy atom.